The summed E-state index contributed by atoms with van der Waals surface area (Å²) in [7, 11) is -1.95. The van der Waals surface area contributed by atoms with E-state index in [2.05, 4.69) is 13.8 Å². The fraction of sp³-hybridized carbons (Fsp3) is 1.00. The molecule has 1 aliphatic carbocycles. The van der Waals surface area contributed by atoms with Crippen molar-refractivity contribution in [2.45, 2.75) is 102 Å². The molecule has 1 nitrogen and oxygen atoms in total. The van der Waals surface area contributed by atoms with Crippen LogP contribution in [0.3, 0.4) is 0 Å². The van der Waals surface area contributed by atoms with Crippen molar-refractivity contribution >= 4 is 8.32 Å². The van der Waals surface area contributed by atoms with Gasteiger partial charge >= 0.3 is 0 Å². The minimum Gasteiger partial charge on any atom is -0.431 e. The van der Waals surface area contributed by atoms with Gasteiger partial charge in [-0.25, -0.2) is 0 Å². The average Bonchev–Trinajstić information content (AvgIpc) is 2.33. The third-order valence-corrected chi connectivity index (χ3v) is 9.33. The third kappa shape index (κ3) is 5.44. The van der Waals surface area contributed by atoms with Crippen molar-refractivity contribution < 1.29 is 4.80 Å². The molecule has 0 atom stereocenters. The SMILES string of the molecule is CCCC[Si](O)(CCCC)C1CCCCCCC1. The van der Waals surface area contributed by atoms with Gasteiger partial charge in [-0.2, -0.15) is 0 Å². The van der Waals surface area contributed by atoms with Gasteiger partial charge in [-0.3, -0.25) is 0 Å². The maximum Gasteiger partial charge on any atom is 0.191 e. The van der Waals surface area contributed by atoms with E-state index in [-0.39, 0.29) is 0 Å². The Morgan fingerprint density at radius 3 is 1.72 bits per heavy atom. The van der Waals surface area contributed by atoms with E-state index in [1.807, 2.05) is 0 Å². The summed E-state index contributed by atoms with van der Waals surface area (Å²) >= 11 is 0. The van der Waals surface area contributed by atoms with Crippen LogP contribution >= 0.6 is 0 Å². The van der Waals surface area contributed by atoms with Crippen molar-refractivity contribution in [3.63, 3.8) is 0 Å². The van der Waals surface area contributed by atoms with E-state index in [1.165, 1.54) is 82.7 Å². The predicted molar refractivity (Wildman–Crippen MR) is 83.5 cm³/mol. The lowest BCUT2D eigenvalue weighted by molar-refractivity contribution is 0.426. The largest absolute Gasteiger partial charge is 0.431 e. The van der Waals surface area contributed by atoms with Crippen LogP contribution in [0.4, 0.5) is 0 Å². The molecule has 0 heterocycles. The van der Waals surface area contributed by atoms with Gasteiger partial charge in [0, 0.05) is 0 Å². The molecule has 0 amide bonds. The lowest BCUT2D eigenvalue weighted by Crippen LogP contribution is -2.40. The van der Waals surface area contributed by atoms with Gasteiger partial charge in [-0.05, 0) is 17.6 Å². The van der Waals surface area contributed by atoms with E-state index in [4.69, 9.17) is 0 Å². The molecule has 0 saturated heterocycles. The molecule has 0 radical (unpaired) electrons. The highest BCUT2D eigenvalue weighted by Gasteiger charge is 2.38. The Bertz CT molecular complexity index is 189. The van der Waals surface area contributed by atoms with Crippen LogP contribution < -0.4 is 0 Å². The molecular formula is C16H34OSi. The minimum atomic E-state index is -1.95. The van der Waals surface area contributed by atoms with Gasteiger partial charge in [0.25, 0.3) is 0 Å². The van der Waals surface area contributed by atoms with Gasteiger partial charge in [0.2, 0.25) is 0 Å². The summed E-state index contributed by atoms with van der Waals surface area (Å²) in [6, 6.07) is 2.35. The zero-order valence-electron chi connectivity index (χ0n) is 12.7. The number of hydrogen-bond donors (Lipinski definition) is 1. The van der Waals surface area contributed by atoms with Crippen LogP contribution in [-0.4, -0.2) is 13.1 Å². The first kappa shape index (κ1) is 16.2. The fourth-order valence-corrected chi connectivity index (χ4v) is 7.97. The monoisotopic (exact) mass is 270 g/mol. The molecule has 0 spiro atoms. The summed E-state index contributed by atoms with van der Waals surface area (Å²) in [5.74, 6) is 0. The molecule has 1 aliphatic rings. The molecule has 0 bridgehead atoms. The Morgan fingerprint density at radius 2 is 1.28 bits per heavy atom. The molecule has 18 heavy (non-hydrogen) atoms. The van der Waals surface area contributed by atoms with Crippen molar-refractivity contribution in [1.82, 2.24) is 0 Å². The topological polar surface area (TPSA) is 20.2 Å². The van der Waals surface area contributed by atoms with Crippen molar-refractivity contribution in [2.24, 2.45) is 0 Å². The maximum absolute atomic E-state index is 11.3. The normalized spacial score (nSPS) is 19.5. The van der Waals surface area contributed by atoms with Crippen LogP contribution in [0.25, 0.3) is 0 Å². The summed E-state index contributed by atoms with van der Waals surface area (Å²) in [6.07, 6.45) is 14.6. The highest BCUT2D eigenvalue weighted by atomic mass is 28.4. The van der Waals surface area contributed by atoms with E-state index in [9.17, 15) is 4.80 Å². The van der Waals surface area contributed by atoms with Crippen molar-refractivity contribution in [3.8, 4) is 0 Å². The van der Waals surface area contributed by atoms with E-state index in [1.54, 1.807) is 0 Å². The van der Waals surface area contributed by atoms with Crippen molar-refractivity contribution in [1.29, 1.82) is 0 Å². The Kier molecular flexibility index (Phi) is 8.24. The van der Waals surface area contributed by atoms with Gasteiger partial charge in [0.05, 0.1) is 0 Å². The second-order valence-electron chi connectivity index (χ2n) is 6.35. The summed E-state index contributed by atoms with van der Waals surface area (Å²) in [4.78, 5) is 11.3. The van der Waals surface area contributed by atoms with Gasteiger partial charge in [0.15, 0.2) is 8.32 Å². The second-order valence-corrected chi connectivity index (χ2v) is 10.4. The second kappa shape index (κ2) is 9.14. The van der Waals surface area contributed by atoms with Crippen molar-refractivity contribution in [3.05, 3.63) is 0 Å². The highest BCUT2D eigenvalue weighted by Crippen LogP contribution is 2.39. The first-order chi connectivity index (χ1) is 8.73. The van der Waals surface area contributed by atoms with Crippen LogP contribution in [0.15, 0.2) is 0 Å². The molecule has 2 heteroatoms. The molecule has 0 aromatic heterocycles. The number of unbranched alkanes of at least 4 members (excludes halogenated alkanes) is 2. The highest BCUT2D eigenvalue weighted by molar-refractivity contribution is 6.74. The molecule has 1 rings (SSSR count). The van der Waals surface area contributed by atoms with Crippen LogP contribution in [0.5, 0.6) is 0 Å². The fourth-order valence-electron chi connectivity index (χ4n) is 3.49. The molecule has 0 aromatic rings. The lowest BCUT2D eigenvalue weighted by Gasteiger charge is -2.35. The molecule has 0 aromatic carbocycles. The first-order valence-corrected chi connectivity index (χ1v) is 10.9. The smallest absolute Gasteiger partial charge is 0.191 e. The van der Waals surface area contributed by atoms with Crippen LogP contribution in [0, 0.1) is 0 Å². The summed E-state index contributed by atoms with van der Waals surface area (Å²) < 4.78 is 0. The van der Waals surface area contributed by atoms with Crippen LogP contribution in [-0.2, 0) is 0 Å². The summed E-state index contributed by atoms with van der Waals surface area (Å²) in [6.45, 7) is 4.51. The standard InChI is InChI=1S/C16H34OSi/c1-3-5-14-18(17,15-6-4-2)16-12-10-8-7-9-11-13-16/h16-17H,3-15H2,1-2H3. The Morgan fingerprint density at radius 1 is 0.833 bits per heavy atom. The van der Waals surface area contributed by atoms with E-state index < -0.39 is 8.32 Å². The van der Waals surface area contributed by atoms with E-state index >= 15 is 0 Å². The van der Waals surface area contributed by atoms with E-state index in [0.29, 0.717) is 0 Å². The quantitative estimate of drug-likeness (QED) is 0.594. The Hall–Kier alpha value is 0.177. The van der Waals surface area contributed by atoms with Crippen LogP contribution in [0.1, 0.15) is 84.5 Å². The average molecular weight is 271 g/mol. The van der Waals surface area contributed by atoms with Gasteiger partial charge in [-0.15, -0.1) is 0 Å². The zero-order valence-corrected chi connectivity index (χ0v) is 13.7. The lowest BCUT2D eigenvalue weighted by atomic mass is 10.0. The van der Waals surface area contributed by atoms with Crippen LogP contribution in [0.2, 0.25) is 17.6 Å². The third-order valence-electron chi connectivity index (χ3n) is 4.79. The van der Waals surface area contributed by atoms with Gasteiger partial charge < -0.3 is 4.80 Å². The molecule has 0 unspecified atom stereocenters. The molecule has 1 fully saturated rings. The molecule has 1 saturated carbocycles. The summed E-state index contributed by atoms with van der Waals surface area (Å²) in [5.41, 5.74) is 0.718. The Labute approximate surface area is 116 Å². The molecule has 0 aliphatic heterocycles. The maximum atomic E-state index is 11.3. The Balaban J connectivity index is 2.58. The predicted octanol–water partition coefficient (Wildman–Crippen LogP) is 5.64. The number of rotatable bonds is 7. The van der Waals surface area contributed by atoms with Crippen molar-refractivity contribution in [2.75, 3.05) is 0 Å². The minimum absolute atomic E-state index is 0.718. The van der Waals surface area contributed by atoms with Gasteiger partial charge in [0.1, 0.15) is 0 Å². The summed E-state index contributed by atoms with van der Waals surface area (Å²) in [5, 5.41) is 0. The molecular weight excluding hydrogens is 236 g/mol. The number of hydrogen-bond acceptors (Lipinski definition) is 1. The first-order valence-electron chi connectivity index (χ1n) is 8.45. The molecule has 108 valence electrons. The van der Waals surface area contributed by atoms with E-state index in [0.717, 1.165) is 5.54 Å². The molecule has 1 N–H and O–H groups in total. The van der Waals surface area contributed by atoms with Gasteiger partial charge in [-0.1, -0.05) is 84.5 Å². The zero-order chi connectivity index (χ0) is 13.3.